The lowest BCUT2D eigenvalue weighted by atomic mass is 10.0. The van der Waals surface area contributed by atoms with Gasteiger partial charge in [-0.05, 0) is 54.4 Å². The summed E-state index contributed by atoms with van der Waals surface area (Å²) in [5, 5.41) is 14.0. The molecule has 170 valence electrons. The first kappa shape index (κ1) is 21.3. The van der Waals surface area contributed by atoms with Crippen LogP contribution in [-0.2, 0) is 6.42 Å². The van der Waals surface area contributed by atoms with Gasteiger partial charge in [0.2, 0.25) is 0 Å². The summed E-state index contributed by atoms with van der Waals surface area (Å²) in [4.78, 5) is 10.7. The highest BCUT2D eigenvalue weighted by Crippen LogP contribution is 2.40. The number of imidazole rings is 1. The zero-order chi connectivity index (χ0) is 22.9. The second-order valence-electron chi connectivity index (χ2n) is 8.02. The van der Waals surface area contributed by atoms with E-state index in [4.69, 9.17) is 9.84 Å². The van der Waals surface area contributed by atoms with E-state index >= 15 is 0 Å². The van der Waals surface area contributed by atoms with Crippen molar-refractivity contribution in [3.63, 3.8) is 0 Å². The van der Waals surface area contributed by atoms with E-state index in [0.717, 1.165) is 5.56 Å². The highest BCUT2D eigenvalue weighted by Gasteiger charge is 2.36. The van der Waals surface area contributed by atoms with Gasteiger partial charge in [0.15, 0.2) is 5.65 Å². The average Bonchev–Trinajstić information content (AvgIpc) is 3.42. The first-order valence-corrected chi connectivity index (χ1v) is 10.7. The fourth-order valence-corrected chi connectivity index (χ4v) is 4.39. The van der Waals surface area contributed by atoms with E-state index in [0.29, 0.717) is 40.6 Å². The second-order valence-corrected chi connectivity index (χ2v) is 8.02. The summed E-state index contributed by atoms with van der Waals surface area (Å²) in [6.45, 7) is 0.181. The largest absolute Gasteiger partial charge is 0.496 e. The molecular weight excluding hydrogens is 428 g/mol. The third kappa shape index (κ3) is 4.00. The number of methoxy groups -OCH3 is 1. The molecular formula is C24H23F2N5O2. The normalized spacial score (nSPS) is 18.2. The minimum atomic E-state index is -1.08. The summed E-state index contributed by atoms with van der Waals surface area (Å²) in [5.74, 6) is 0.654. The number of pyridine rings is 1. The van der Waals surface area contributed by atoms with Crippen molar-refractivity contribution < 1.29 is 18.6 Å². The SMILES string of the molecule is COc1ccc(F)cc1[C@H]1C[C@H](F)CN1c1ccc2ncc(-c3cc(CCO)ccn3)n2n1. The number of ether oxygens (including phenoxy) is 1. The van der Waals surface area contributed by atoms with Gasteiger partial charge in [0.1, 0.15) is 29.3 Å². The molecule has 1 aliphatic heterocycles. The molecule has 0 aliphatic carbocycles. The maximum absolute atomic E-state index is 14.6. The van der Waals surface area contributed by atoms with Gasteiger partial charge < -0.3 is 14.7 Å². The predicted molar refractivity (Wildman–Crippen MR) is 120 cm³/mol. The van der Waals surface area contributed by atoms with Crippen LogP contribution in [0.4, 0.5) is 14.6 Å². The highest BCUT2D eigenvalue weighted by molar-refractivity contribution is 5.61. The van der Waals surface area contributed by atoms with Gasteiger partial charge in [-0.2, -0.15) is 0 Å². The number of hydrogen-bond acceptors (Lipinski definition) is 6. The molecule has 0 amide bonds. The van der Waals surface area contributed by atoms with Gasteiger partial charge in [0, 0.05) is 24.8 Å². The molecule has 9 heteroatoms. The number of rotatable bonds is 6. The van der Waals surface area contributed by atoms with Gasteiger partial charge >= 0.3 is 0 Å². The van der Waals surface area contributed by atoms with E-state index in [2.05, 4.69) is 9.97 Å². The number of alkyl halides is 1. The van der Waals surface area contributed by atoms with E-state index in [-0.39, 0.29) is 19.6 Å². The van der Waals surface area contributed by atoms with Crippen LogP contribution in [0.15, 0.2) is 54.9 Å². The van der Waals surface area contributed by atoms with Crippen molar-refractivity contribution in [3.05, 3.63) is 71.8 Å². The summed E-state index contributed by atoms with van der Waals surface area (Å²) in [6.07, 6.45) is 3.02. The fourth-order valence-electron chi connectivity index (χ4n) is 4.39. The van der Waals surface area contributed by atoms with Gasteiger partial charge in [0.25, 0.3) is 0 Å². The lowest BCUT2D eigenvalue weighted by molar-refractivity contribution is 0.299. The summed E-state index contributed by atoms with van der Waals surface area (Å²) in [7, 11) is 1.52. The topological polar surface area (TPSA) is 75.8 Å². The molecule has 1 aliphatic rings. The standard InChI is InChI=1S/C24H23F2N5O2/c1-33-22-3-2-16(25)11-18(22)20-12-17(26)14-30(20)24-5-4-23-28-13-21(31(23)29-24)19-10-15(7-9-32)6-8-27-19/h2-6,8,10-11,13,17,20,32H,7,9,12,14H2,1H3/t17-,20+/m0/s1. The molecule has 4 aromatic rings. The zero-order valence-corrected chi connectivity index (χ0v) is 18.0. The number of aliphatic hydroxyl groups excluding tert-OH is 1. The van der Waals surface area contributed by atoms with Crippen molar-refractivity contribution >= 4 is 11.5 Å². The van der Waals surface area contributed by atoms with E-state index < -0.39 is 18.0 Å². The number of aromatic nitrogens is 4. The molecule has 0 bridgehead atoms. The van der Waals surface area contributed by atoms with Crippen LogP contribution in [0, 0.1) is 5.82 Å². The number of anilines is 1. The van der Waals surface area contributed by atoms with Gasteiger partial charge in [-0.1, -0.05) is 0 Å². The van der Waals surface area contributed by atoms with Crippen LogP contribution in [0.25, 0.3) is 17.0 Å². The molecule has 0 radical (unpaired) electrons. The maximum Gasteiger partial charge on any atom is 0.154 e. The van der Waals surface area contributed by atoms with E-state index in [1.807, 2.05) is 23.1 Å². The Morgan fingerprint density at radius 1 is 1.15 bits per heavy atom. The Morgan fingerprint density at radius 3 is 2.85 bits per heavy atom. The number of aliphatic hydroxyl groups is 1. The first-order chi connectivity index (χ1) is 16.1. The van der Waals surface area contributed by atoms with Gasteiger partial charge in [-0.3, -0.25) is 4.98 Å². The molecule has 33 heavy (non-hydrogen) atoms. The summed E-state index contributed by atoms with van der Waals surface area (Å²) >= 11 is 0. The molecule has 7 nitrogen and oxygen atoms in total. The zero-order valence-electron chi connectivity index (χ0n) is 18.0. The van der Waals surface area contributed by atoms with Crippen molar-refractivity contribution in [2.45, 2.75) is 25.1 Å². The van der Waals surface area contributed by atoms with Crippen LogP contribution in [0.5, 0.6) is 5.75 Å². The Bertz CT molecular complexity index is 1300. The average molecular weight is 451 g/mol. The smallest absolute Gasteiger partial charge is 0.154 e. The number of nitrogens with zero attached hydrogens (tertiary/aromatic N) is 5. The van der Waals surface area contributed by atoms with Crippen LogP contribution in [0.1, 0.15) is 23.6 Å². The minimum Gasteiger partial charge on any atom is -0.496 e. The van der Waals surface area contributed by atoms with Gasteiger partial charge in [0.05, 0.1) is 31.6 Å². The molecule has 3 aromatic heterocycles. The summed E-state index contributed by atoms with van der Waals surface area (Å²) < 4.78 is 35.7. The van der Waals surface area contributed by atoms with Crippen molar-refractivity contribution in [3.8, 4) is 17.1 Å². The van der Waals surface area contributed by atoms with Crippen LogP contribution in [0.3, 0.4) is 0 Å². The number of halogens is 2. The second kappa shape index (κ2) is 8.74. The highest BCUT2D eigenvalue weighted by atomic mass is 19.1. The third-order valence-electron chi connectivity index (χ3n) is 5.93. The summed E-state index contributed by atoms with van der Waals surface area (Å²) in [6, 6.07) is 11.2. The molecule has 2 atom stereocenters. The third-order valence-corrected chi connectivity index (χ3v) is 5.93. The minimum absolute atomic E-state index is 0.0449. The van der Waals surface area contributed by atoms with Crippen molar-refractivity contribution in [1.82, 2.24) is 19.6 Å². The van der Waals surface area contributed by atoms with E-state index in [9.17, 15) is 13.9 Å². The van der Waals surface area contributed by atoms with Crippen molar-refractivity contribution in [2.24, 2.45) is 0 Å². The lowest BCUT2D eigenvalue weighted by Crippen LogP contribution is -2.25. The van der Waals surface area contributed by atoms with E-state index in [1.165, 1.54) is 19.2 Å². The van der Waals surface area contributed by atoms with E-state index in [1.54, 1.807) is 29.0 Å². The Kier molecular flexibility index (Phi) is 5.63. The van der Waals surface area contributed by atoms with Crippen LogP contribution >= 0.6 is 0 Å². The maximum atomic E-state index is 14.6. The Hall–Kier alpha value is -3.59. The van der Waals surface area contributed by atoms with Crippen molar-refractivity contribution in [2.75, 3.05) is 25.2 Å². The monoisotopic (exact) mass is 451 g/mol. The predicted octanol–water partition coefficient (Wildman–Crippen LogP) is 3.76. The number of hydrogen-bond donors (Lipinski definition) is 1. The number of fused-ring (bicyclic) bond motifs is 1. The summed E-state index contributed by atoms with van der Waals surface area (Å²) in [5.41, 5.74) is 3.52. The van der Waals surface area contributed by atoms with Crippen LogP contribution < -0.4 is 9.64 Å². The van der Waals surface area contributed by atoms with Crippen LogP contribution in [0.2, 0.25) is 0 Å². The molecule has 0 unspecified atom stereocenters. The van der Waals surface area contributed by atoms with Gasteiger partial charge in [-0.25, -0.2) is 18.3 Å². The molecule has 1 aromatic carbocycles. The molecule has 1 N–H and O–H groups in total. The molecule has 0 spiro atoms. The molecule has 1 saturated heterocycles. The van der Waals surface area contributed by atoms with Gasteiger partial charge in [-0.15, -0.1) is 5.10 Å². The Labute approximate surface area is 189 Å². The number of benzene rings is 1. The molecule has 4 heterocycles. The fraction of sp³-hybridized carbons (Fsp3) is 0.292. The molecule has 5 rings (SSSR count). The van der Waals surface area contributed by atoms with Crippen molar-refractivity contribution in [1.29, 1.82) is 0 Å². The van der Waals surface area contributed by atoms with Crippen LogP contribution in [-0.4, -0.2) is 51.1 Å². The molecule has 1 fully saturated rings. The molecule has 0 saturated carbocycles. The quantitative estimate of drug-likeness (QED) is 0.481. The Morgan fingerprint density at radius 2 is 2.03 bits per heavy atom. The lowest BCUT2D eigenvalue weighted by Gasteiger charge is -2.27. The first-order valence-electron chi connectivity index (χ1n) is 10.7. The Balaban J connectivity index is 1.56.